The van der Waals surface area contributed by atoms with Crippen LogP contribution < -0.4 is 5.32 Å². The summed E-state index contributed by atoms with van der Waals surface area (Å²) in [5.74, 6) is -0.565. The average Bonchev–Trinajstić information content (AvgIpc) is 2.76. The molecule has 4 rings (SSSR count). The minimum Gasteiger partial charge on any atom is -0.506 e. The van der Waals surface area contributed by atoms with E-state index < -0.39 is 15.9 Å². The van der Waals surface area contributed by atoms with E-state index in [2.05, 4.69) is 5.32 Å². The molecule has 1 amide bonds. The fourth-order valence-corrected chi connectivity index (χ4v) is 4.77. The second-order valence-electron chi connectivity index (χ2n) is 6.68. The summed E-state index contributed by atoms with van der Waals surface area (Å²) >= 11 is 0. The Morgan fingerprint density at radius 1 is 1.00 bits per heavy atom. The highest BCUT2D eigenvalue weighted by Gasteiger charge is 2.27. The molecule has 0 aromatic heterocycles. The highest BCUT2D eigenvalue weighted by molar-refractivity contribution is 7.89. The quantitative estimate of drug-likeness (QED) is 0.643. The fraction of sp³-hybridized carbons (Fsp3) is 0.190. The topological polar surface area (TPSA) is 95.9 Å². The third kappa shape index (κ3) is 3.82. The first-order valence-corrected chi connectivity index (χ1v) is 10.6. The van der Waals surface area contributed by atoms with Crippen LogP contribution in [0.5, 0.6) is 5.75 Å². The van der Waals surface area contributed by atoms with Gasteiger partial charge in [-0.1, -0.05) is 36.4 Å². The van der Waals surface area contributed by atoms with E-state index in [9.17, 15) is 18.3 Å². The number of rotatable bonds is 4. The number of amides is 1. The van der Waals surface area contributed by atoms with Crippen molar-refractivity contribution < 1.29 is 23.1 Å². The Morgan fingerprint density at radius 2 is 1.76 bits per heavy atom. The van der Waals surface area contributed by atoms with Crippen LogP contribution in [-0.4, -0.2) is 50.0 Å². The number of sulfonamides is 1. The number of fused-ring (bicyclic) bond motifs is 1. The molecule has 0 unspecified atom stereocenters. The van der Waals surface area contributed by atoms with E-state index in [4.69, 9.17) is 4.74 Å². The van der Waals surface area contributed by atoms with E-state index in [1.165, 1.54) is 34.6 Å². The third-order valence-electron chi connectivity index (χ3n) is 4.85. The summed E-state index contributed by atoms with van der Waals surface area (Å²) in [6.45, 7) is 1.25. The van der Waals surface area contributed by atoms with Gasteiger partial charge in [0.1, 0.15) is 5.75 Å². The van der Waals surface area contributed by atoms with Crippen LogP contribution in [0.15, 0.2) is 65.6 Å². The van der Waals surface area contributed by atoms with Crippen molar-refractivity contribution in [2.75, 3.05) is 31.6 Å². The van der Waals surface area contributed by atoms with Crippen molar-refractivity contribution in [3.8, 4) is 5.75 Å². The maximum atomic E-state index is 12.8. The van der Waals surface area contributed by atoms with Crippen LogP contribution in [-0.2, 0) is 14.8 Å². The first-order chi connectivity index (χ1) is 14.0. The Kier molecular flexibility index (Phi) is 5.23. The van der Waals surface area contributed by atoms with Crippen LogP contribution in [0.3, 0.4) is 0 Å². The zero-order chi connectivity index (χ0) is 20.4. The number of nitrogens with zero attached hydrogens (tertiary/aromatic N) is 1. The van der Waals surface area contributed by atoms with Gasteiger partial charge in [0.15, 0.2) is 0 Å². The second-order valence-corrected chi connectivity index (χ2v) is 8.62. The van der Waals surface area contributed by atoms with Gasteiger partial charge in [0.05, 0.1) is 23.8 Å². The lowest BCUT2D eigenvalue weighted by molar-refractivity contribution is 0.0730. The van der Waals surface area contributed by atoms with E-state index >= 15 is 0 Å². The smallest absolute Gasteiger partial charge is 0.255 e. The lowest BCUT2D eigenvalue weighted by atomic mass is 10.1. The summed E-state index contributed by atoms with van der Waals surface area (Å²) in [6.07, 6.45) is 0. The molecule has 0 spiro atoms. The molecule has 0 aliphatic carbocycles. The number of benzene rings is 3. The summed E-state index contributed by atoms with van der Waals surface area (Å²) in [7, 11) is -3.71. The highest BCUT2D eigenvalue weighted by atomic mass is 32.2. The SMILES string of the molecule is O=C(Nc1c(O)ccc2ccccc12)c1cccc(S(=O)(=O)N2CCOCC2)c1. The normalized spacial score (nSPS) is 15.3. The lowest BCUT2D eigenvalue weighted by Gasteiger charge is -2.26. The Bertz CT molecular complexity index is 1170. The van der Waals surface area contributed by atoms with E-state index in [0.29, 0.717) is 18.6 Å². The third-order valence-corrected chi connectivity index (χ3v) is 6.74. The van der Waals surface area contributed by atoms with Gasteiger partial charge in [-0.3, -0.25) is 4.79 Å². The molecule has 8 heteroatoms. The number of carbonyl (C=O) groups is 1. The summed E-state index contributed by atoms with van der Waals surface area (Å²) in [6, 6.07) is 16.5. The molecule has 1 aliphatic heterocycles. The molecule has 0 bridgehead atoms. The van der Waals surface area contributed by atoms with Gasteiger partial charge in [0.2, 0.25) is 10.0 Å². The van der Waals surface area contributed by atoms with Gasteiger partial charge >= 0.3 is 0 Å². The molecule has 2 N–H and O–H groups in total. The molecule has 0 atom stereocenters. The van der Waals surface area contributed by atoms with Crippen LogP contribution in [0.1, 0.15) is 10.4 Å². The predicted octanol–water partition coefficient (Wildman–Crippen LogP) is 2.82. The van der Waals surface area contributed by atoms with Gasteiger partial charge in [0, 0.05) is 24.0 Å². The molecule has 3 aromatic carbocycles. The van der Waals surface area contributed by atoms with Gasteiger partial charge in [0.25, 0.3) is 5.91 Å². The molecule has 29 heavy (non-hydrogen) atoms. The van der Waals surface area contributed by atoms with E-state index in [1.807, 2.05) is 18.2 Å². The molecule has 3 aromatic rings. The number of morpholine rings is 1. The molecule has 7 nitrogen and oxygen atoms in total. The van der Waals surface area contributed by atoms with Gasteiger partial charge < -0.3 is 15.2 Å². The molecule has 1 saturated heterocycles. The van der Waals surface area contributed by atoms with Gasteiger partial charge in [-0.15, -0.1) is 0 Å². The number of carbonyl (C=O) groups excluding carboxylic acids is 1. The van der Waals surface area contributed by atoms with Crippen molar-refractivity contribution in [3.05, 3.63) is 66.2 Å². The summed E-state index contributed by atoms with van der Waals surface area (Å²) in [5.41, 5.74) is 0.473. The first kappa shape index (κ1) is 19.4. The number of nitrogens with one attached hydrogen (secondary N) is 1. The largest absolute Gasteiger partial charge is 0.506 e. The van der Waals surface area contributed by atoms with Crippen LogP contribution in [0.25, 0.3) is 10.8 Å². The Hall–Kier alpha value is -2.94. The minimum atomic E-state index is -3.71. The number of phenolic OH excluding ortho intramolecular Hbond substituents is 1. The number of ether oxygens (including phenoxy) is 1. The number of phenols is 1. The Labute approximate surface area is 168 Å². The number of aromatic hydroxyl groups is 1. The monoisotopic (exact) mass is 412 g/mol. The zero-order valence-corrected chi connectivity index (χ0v) is 16.4. The van der Waals surface area contributed by atoms with Crippen LogP contribution in [0.4, 0.5) is 5.69 Å². The lowest BCUT2D eigenvalue weighted by Crippen LogP contribution is -2.40. The molecule has 1 fully saturated rings. The standard InChI is InChI=1S/C21H20N2O5S/c24-19-9-8-15-4-1-2-7-18(15)20(19)22-21(25)16-5-3-6-17(14-16)29(26,27)23-10-12-28-13-11-23/h1-9,14,24H,10-13H2,(H,22,25). The van der Waals surface area contributed by atoms with E-state index in [1.54, 1.807) is 12.1 Å². The van der Waals surface area contributed by atoms with Gasteiger partial charge in [-0.25, -0.2) is 8.42 Å². The van der Waals surface area contributed by atoms with Gasteiger partial charge in [-0.2, -0.15) is 4.31 Å². The van der Waals surface area contributed by atoms with Gasteiger partial charge in [-0.05, 0) is 29.7 Å². The Balaban J connectivity index is 1.64. The Morgan fingerprint density at radius 3 is 2.55 bits per heavy atom. The fourth-order valence-electron chi connectivity index (χ4n) is 3.31. The number of hydrogen-bond donors (Lipinski definition) is 2. The highest BCUT2D eigenvalue weighted by Crippen LogP contribution is 2.32. The van der Waals surface area contributed by atoms with E-state index in [-0.39, 0.29) is 35.0 Å². The number of hydrogen-bond acceptors (Lipinski definition) is 5. The van der Waals surface area contributed by atoms with Crippen LogP contribution in [0.2, 0.25) is 0 Å². The molecule has 0 radical (unpaired) electrons. The molecular weight excluding hydrogens is 392 g/mol. The molecular formula is C21H20N2O5S. The molecule has 150 valence electrons. The average molecular weight is 412 g/mol. The summed E-state index contributed by atoms with van der Waals surface area (Å²) < 4.78 is 32.3. The second kappa shape index (κ2) is 7.82. The van der Waals surface area contributed by atoms with Crippen molar-refractivity contribution in [2.45, 2.75) is 4.90 Å². The van der Waals surface area contributed by atoms with Crippen molar-refractivity contribution in [3.63, 3.8) is 0 Å². The first-order valence-electron chi connectivity index (χ1n) is 9.17. The maximum Gasteiger partial charge on any atom is 0.255 e. The van der Waals surface area contributed by atoms with Crippen molar-refractivity contribution in [2.24, 2.45) is 0 Å². The van der Waals surface area contributed by atoms with Crippen LogP contribution >= 0.6 is 0 Å². The van der Waals surface area contributed by atoms with Crippen LogP contribution in [0, 0.1) is 0 Å². The molecule has 1 aliphatic rings. The van der Waals surface area contributed by atoms with E-state index in [0.717, 1.165) is 5.39 Å². The van der Waals surface area contributed by atoms with Crippen molar-refractivity contribution in [1.29, 1.82) is 0 Å². The number of anilines is 1. The summed E-state index contributed by atoms with van der Waals surface area (Å²) in [4.78, 5) is 12.9. The maximum absolute atomic E-state index is 12.8. The zero-order valence-electron chi connectivity index (χ0n) is 15.5. The minimum absolute atomic E-state index is 0.0502. The summed E-state index contributed by atoms with van der Waals surface area (Å²) in [5, 5.41) is 14.5. The molecule has 0 saturated carbocycles. The molecule has 1 heterocycles. The van der Waals surface area contributed by atoms with Crippen molar-refractivity contribution >= 4 is 32.4 Å². The van der Waals surface area contributed by atoms with Crippen molar-refractivity contribution in [1.82, 2.24) is 4.31 Å². The predicted molar refractivity (Wildman–Crippen MR) is 110 cm³/mol.